The maximum absolute atomic E-state index is 11.9. The molecule has 2 heterocycles. The number of nitrogens with one attached hydrogen (secondary N) is 3. The first-order valence-corrected chi connectivity index (χ1v) is 7.02. The lowest BCUT2D eigenvalue weighted by molar-refractivity contribution is -0.122. The van der Waals surface area contributed by atoms with E-state index < -0.39 is 0 Å². The Labute approximate surface area is 132 Å². The molecule has 3 amide bonds. The molecule has 120 valence electrons. The van der Waals surface area contributed by atoms with Crippen molar-refractivity contribution in [3.63, 3.8) is 0 Å². The van der Waals surface area contributed by atoms with Crippen molar-refractivity contribution in [1.29, 1.82) is 0 Å². The molecule has 1 aromatic carbocycles. The molecule has 1 aromatic heterocycles. The van der Waals surface area contributed by atoms with Crippen LogP contribution < -0.4 is 20.7 Å². The van der Waals surface area contributed by atoms with Gasteiger partial charge in [-0.1, -0.05) is 5.21 Å². The number of hydrogen-bond donors (Lipinski definition) is 3. The average molecular weight is 316 g/mol. The molecule has 9 nitrogen and oxygen atoms in total. The molecule has 0 radical (unpaired) electrons. The number of aromatic nitrogens is 3. The molecule has 23 heavy (non-hydrogen) atoms. The highest BCUT2D eigenvalue weighted by atomic mass is 16.5. The van der Waals surface area contributed by atoms with Gasteiger partial charge in [-0.05, 0) is 24.3 Å². The zero-order valence-corrected chi connectivity index (χ0v) is 12.5. The van der Waals surface area contributed by atoms with Gasteiger partial charge in [0.25, 0.3) is 0 Å². The SMILES string of the molecule is COc1ccc(NC(=O)NCc2nnn3c2CNC(=O)C3)cc1. The van der Waals surface area contributed by atoms with Crippen LogP contribution in [0.25, 0.3) is 0 Å². The van der Waals surface area contributed by atoms with Gasteiger partial charge in [-0.25, -0.2) is 9.48 Å². The van der Waals surface area contributed by atoms with Crippen LogP contribution >= 0.6 is 0 Å². The van der Waals surface area contributed by atoms with Gasteiger partial charge in [-0.15, -0.1) is 5.10 Å². The number of carbonyl (C=O) groups excluding carboxylic acids is 2. The first kappa shape index (κ1) is 14.8. The second-order valence-corrected chi connectivity index (χ2v) is 4.95. The molecule has 1 aliphatic heterocycles. The van der Waals surface area contributed by atoms with Crippen molar-refractivity contribution in [3.05, 3.63) is 35.7 Å². The van der Waals surface area contributed by atoms with E-state index in [1.807, 2.05) is 0 Å². The maximum Gasteiger partial charge on any atom is 0.319 e. The normalized spacial score (nSPS) is 13.0. The molecular weight excluding hydrogens is 300 g/mol. The number of nitrogens with zero attached hydrogens (tertiary/aromatic N) is 3. The minimum atomic E-state index is -0.350. The Morgan fingerprint density at radius 1 is 1.39 bits per heavy atom. The van der Waals surface area contributed by atoms with Gasteiger partial charge >= 0.3 is 6.03 Å². The van der Waals surface area contributed by atoms with Crippen molar-refractivity contribution in [2.45, 2.75) is 19.6 Å². The molecule has 0 bridgehead atoms. The highest BCUT2D eigenvalue weighted by Crippen LogP contribution is 2.15. The first-order valence-electron chi connectivity index (χ1n) is 7.02. The van der Waals surface area contributed by atoms with Crippen LogP contribution in [0.15, 0.2) is 24.3 Å². The summed E-state index contributed by atoms with van der Waals surface area (Å²) < 4.78 is 6.59. The average Bonchev–Trinajstić information content (AvgIpc) is 2.95. The van der Waals surface area contributed by atoms with Crippen molar-refractivity contribution in [3.8, 4) is 5.75 Å². The Morgan fingerprint density at radius 2 is 2.17 bits per heavy atom. The molecule has 0 saturated carbocycles. The van der Waals surface area contributed by atoms with Gasteiger partial charge < -0.3 is 20.7 Å². The zero-order chi connectivity index (χ0) is 16.2. The van der Waals surface area contributed by atoms with E-state index in [1.54, 1.807) is 31.4 Å². The number of urea groups is 1. The third kappa shape index (κ3) is 3.39. The lowest BCUT2D eigenvalue weighted by atomic mass is 10.2. The molecule has 9 heteroatoms. The van der Waals surface area contributed by atoms with E-state index in [-0.39, 0.29) is 25.0 Å². The van der Waals surface area contributed by atoms with E-state index in [0.29, 0.717) is 23.7 Å². The van der Waals surface area contributed by atoms with E-state index >= 15 is 0 Å². The van der Waals surface area contributed by atoms with Gasteiger partial charge in [0.2, 0.25) is 5.91 Å². The van der Waals surface area contributed by atoms with Crippen LogP contribution in [0.5, 0.6) is 5.75 Å². The maximum atomic E-state index is 11.9. The number of amides is 3. The molecular formula is C14H16N6O3. The van der Waals surface area contributed by atoms with Crippen LogP contribution in [0, 0.1) is 0 Å². The highest BCUT2D eigenvalue weighted by molar-refractivity contribution is 5.89. The van der Waals surface area contributed by atoms with Gasteiger partial charge in [-0.2, -0.15) is 0 Å². The van der Waals surface area contributed by atoms with Gasteiger partial charge in [0.05, 0.1) is 25.9 Å². The number of hydrogen-bond acceptors (Lipinski definition) is 5. The largest absolute Gasteiger partial charge is 0.497 e. The quantitative estimate of drug-likeness (QED) is 0.748. The molecule has 0 unspecified atom stereocenters. The number of carbonyl (C=O) groups is 2. The molecule has 3 N–H and O–H groups in total. The monoisotopic (exact) mass is 316 g/mol. The van der Waals surface area contributed by atoms with Gasteiger partial charge in [0.15, 0.2) is 0 Å². The van der Waals surface area contributed by atoms with Gasteiger partial charge in [-0.3, -0.25) is 4.79 Å². The van der Waals surface area contributed by atoms with Crippen LogP contribution in [0.3, 0.4) is 0 Å². The minimum Gasteiger partial charge on any atom is -0.497 e. The standard InChI is InChI=1S/C14H16N6O3/c1-23-10-4-2-9(3-5-10)17-14(22)16-6-11-12-7-15-13(21)8-20(12)19-18-11/h2-5H,6-8H2,1H3,(H,15,21)(H2,16,17,22). The van der Waals surface area contributed by atoms with Crippen LogP contribution in [0.4, 0.5) is 10.5 Å². The Bertz CT molecular complexity index is 725. The van der Waals surface area contributed by atoms with E-state index in [1.165, 1.54) is 4.68 Å². The smallest absolute Gasteiger partial charge is 0.319 e. The lowest BCUT2D eigenvalue weighted by Crippen LogP contribution is -2.35. The minimum absolute atomic E-state index is 0.0980. The van der Waals surface area contributed by atoms with E-state index in [2.05, 4.69) is 26.3 Å². The predicted molar refractivity (Wildman–Crippen MR) is 80.7 cm³/mol. The summed E-state index contributed by atoms with van der Waals surface area (Å²) in [4.78, 5) is 23.2. The van der Waals surface area contributed by atoms with Crippen LogP contribution in [-0.2, 0) is 24.4 Å². The second kappa shape index (κ2) is 6.34. The number of benzene rings is 1. The summed E-state index contributed by atoms with van der Waals surface area (Å²) in [6.07, 6.45) is 0. The molecule has 0 fully saturated rings. The Morgan fingerprint density at radius 3 is 2.91 bits per heavy atom. The van der Waals surface area contributed by atoms with Crippen LogP contribution in [0.1, 0.15) is 11.4 Å². The number of methoxy groups -OCH3 is 1. The van der Waals surface area contributed by atoms with E-state index in [9.17, 15) is 9.59 Å². The van der Waals surface area contributed by atoms with Crippen LogP contribution in [-0.4, -0.2) is 34.0 Å². The number of fused-ring (bicyclic) bond motifs is 1. The molecule has 2 aromatic rings. The fourth-order valence-electron chi connectivity index (χ4n) is 2.21. The lowest BCUT2D eigenvalue weighted by Gasteiger charge is -2.14. The summed E-state index contributed by atoms with van der Waals surface area (Å²) in [5.74, 6) is 0.618. The molecule has 0 spiro atoms. The number of anilines is 1. The Kier molecular flexibility index (Phi) is 4.09. The summed E-state index contributed by atoms with van der Waals surface area (Å²) in [5, 5.41) is 16.1. The molecule has 3 rings (SSSR count). The third-order valence-corrected chi connectivity index (χ3v) is 3.43. The second-order valence-electron chi connectivity index (χ2n) is 4.95. The molecule has 1 aliphatic rings. The van der Waals surface area contributed by atoms with Crippen molar-refractivity contribution < 1.29 is 14.3 Å². The number of ether oxygens (including phenoxy) is 1. The van der Waals surface area contributed by atoms with E-state index in [0.717, 1.165) is 5.69 Å². The molecule has 0 saturated heterocycles. The highest BCUT2D eigenvalue weighted by Gasteiger charge is 2.20. The van der Waals surface area contributed by atoms with Gasteiger partial charge in [0.1, 0.15) is 18.0 Å². The predicted octanol–water partition coefficient (Wildman–Crippen LogP) is 0.238. The van der Waals surface area contributed by atoms with Crippen molar-refractivity contribution in [2.24, 2.45) is 0 Å². The summed E-state index contributed by atoms with van der Waals surface area (Å²) >= 11 is 0. The van der Waals surface area contributed by atoms with E-state index in [4.69, 9.17) is 4.74 Å². The van der Waals surface area contributed by atoms with Crippen molar-refractivity contribution in [1.82, 2.24) is 25.6 Å². The van der Waals surface area contributed by atoms with Crippen LogP contribution in [0.2, 0.25) is 0 Å². The van der Waals surface area contributed by atoms with Crippen molar-refractivity contribution in [2.75, 3.05) is 12.4 Å². The fourth-order valence-corrected chi connectivity index (χ4v) is 2.21. The molecule has 0 atom stereocenters. The summed E-state index contributed by atoms with van der Waals surface area (Å²) in [5.41, 5.74) is 2.09. The summed E-state index contributed by atoms with van der Waals surface area (Å²) in [6.45, 7) is 0.747. The fraction of sp³-hybridized carbons (Fsp3) is 0.286. The topological polar surface area (TPSA) is 110 Å². The molecule has 0 aliphatic carbocycles. The first-order chi connectivity index (χ1) is 11.2. The van der Waals surface area contributed by atoms with Gasteiger partial charge in [0, 0.05) is 5.69 Å². The number of rotatable bonds is 4. The third-order valence-electron chi connectivity index (χ3n) is 3.43. The summed E-state index contributed by atoms with van der Waals surface area (Å²) in [6, 6.07) is 6.65. The Balaban J connectivity index is 1.56. The zero-order valence-electron chi connectivity index (χ0n) is 12.5. The Hall–Kier alpha value is -3.10. The summed E-state index contributed by atoms with van der Waals surface area (Å²) in [7, 11) is 1.58. The van der Waals surface area contributed by atoms with Crippen molar-refractivity contribution >= 4 is 17.6 Å².